The third-order valence-corrected chi connectivity index (χ3v) is 4.43. The monoisotopic (exact) mass is 324 g/mol. The van der Waals surface area contributed by atoms with E-state index in [1.165, 1.54) is 0 Å². The standard InChI is InChI=1S/C17H20N6O/c1-24-15-6-4-14(5-7-15)23-16-11(10-20-23)9-19-17(22-16)21-13-3-2-12(18)8-13/h4-7,9-10,12-13H,2-3,8,18H2,1H3,(H,19,21,22)/t12-,13+/m1/s1. The molecule has 0 aliphatic heterocycles. The minimum Gasteiger partial charge on any atom is -0.497 e. The number of rotatable bonds is 4. The molecule has 3 N–H and O–H groups in total. The average Bonchev–Trinajstić information content (AvgIpc) is 3.21. The summed E-state index contributed by atoms with van der Waals surface area (Å²) in [5.41, 5.74) is 7.68. The highest BCUT2D eigenvalue weighted by atomic mass is 16.5. The molecular weight excluding hydrogens is 304 g/mol. The molecule has 1 fully saturated rings. The molecule has 1 aliphatic rings. The van der Waals surface area contributed by atoms with Gasteiger partial charge in [-0.3, -0.25) is 0 Å². The van der Waals surface area contributed by atoms with Crippen molar-refractivity contribution in [3.8, 4) is 11.4 Å². The third-order valence-electron chi connectivity index (χ3n) is 4.43. The first kappa shape index (κ1) is 14.9. The Kier molecular flexibility index (Phi) is 3.78. The van der Waals surface area contributed by atoms with Gasteiger partial charge in [-0.25, -0.2) is 9.67 Å². The molecule has 2 atom stereocenters. The molecule has 2 heterocycles. The molecule has 124 valence electrons. The van der Waals surface area contributed by atoms with Crippen LogP contribution in [0.3, 0.4) is 0 Å². The van der Waals surface area contributed by atoms with Crippen LogP contribution in [0.2, 0.25) is 0 Å². The molecule has 0 bridgehead atoms. The van der Waals surface area contributed by atoms with Gasteiger partial charge in [0.25, 0.3) is 0 Å². The number of fused-ring (bicyclic) bond motifs is 1. The van der Waals surface area contributed by atoms with E-state index in [-0.39, 0.29) is 6.04 Å². The molecule has 0 spiro atoms. The van der Waals surface area contributed by atoms with E-state index in [0.29, 0.717) is 12.0 Å². The van der Waals surface area contributed by atoms with Crippen molar-refractivity contribution >= 4 is 17.0 Å². The van der Waals surface area contributed by atoms with Gasteiger partial charge in [0.2, 0.25) is 5.95 Å². The van der Waals surface area contributed by atoms with Crippen LogP contribution >= 0.6 is 0 Å². The second-order valence-electron chi connectivity index (χ2n) is 6.14. The van der Waals surface area contributed by atoms with Crippen molar-refractivity contribution in [1.29, 1.82) is 0 Å². The van der Waals surface area contributed by atoms with Crippen molar-refractivity contribution in [2.24, 2.45) is 5.73 Å². The molecule has 0 amide bonds. The number of nitrogens with two attached hydrogens (primary N) is 1. The van der Waals surface area contributed by atoms with E-state index in [1.54, 1.807) is 19.5 Å². The smallest absolute Gasteiger partial charge is 0.224 e. The summed E-state index contributed by atoms with van der Waals surface area (Å²) in [6.07, 6.45) is 6.63. The first-order chi connectivity index (χ1) is 11.7. The number of nitrogens with zero attached hydrogens (tertiary/aromatic N) is 4. The summed E-state index contributed by atoms with van der Waals surface area (Å²) in [5.74, 6) is 1.43. The first-order valence-electron chi connectivity index (χ1n) is 8.10. The summed E-state index contributed by atoms with van der Waals surface area (Å²) >= 11 is 0. The van der Waals surface area contributed by atoms with Gasteiger partial charge in [0.1, 0.15) is 5.75 Å². The second-order valence-corrected chi connectivity index (χ2v) is 6.14. The number of ether oxygens (including phenoxy) is 1. The zero-order chi connectivity index (χ0) is 16.5. The van der Waals surface area contributed by atoms with Crippen LogP contribution in [0.4, 0.5) is 5.95 Å². The van der Waals surface area contributed by atoms with Crippen LogP contribution in [0.15, 0.2) is 36.7 Å². The topological polar surface area (TPSA) is 90.9 Å². The Bertz CT molecular complexity index is 844. The summed E-state index contributed by atoms with van der Waals surface area (Å²) < 4.78 is 7.01. The minimum absolute atomic E-state index is 0.274. The summed E-state index contributed by atoms with van der Waals surface area (Å²) in [5, 5.41) is 8.72. The molecule has 7 nitrogen and oxygen atoms in total. The summed E-state index contributed by atoms with van der Waals surface area (Å²) in [4.78, 5) is 9.04. The van der Waals surface area contributed by atoms with E-state index in [2.05, 4.69) is 20.4 Å². The van der Waals surface area contributed by atoms with Crippen LogP contribution in [0, 0.1) is 0 Å². The Balaban J connectivity index is 1.65. The Morgan fingerprint density at radius 2 is 2.04 bits per heavy atom. The van der Waals surface area contributed by atoms with Crippen LogP contribution in [0.1, 0.15) is 19.3 Å². The molecule has 1 aliphatic carbocycles. The predicted molar refractivity (Wildman–Crippen MR) is 92.4 cm³/mol. The van der Waals surface area contributed by atoms with Gasteiger partial charge in [-0.15, -0.1) is 0 Å². The quantitative estimate of drug-likeness (QED) is 0.764. The average molecular weight is 324 g/mol. The molecule has 0 radical (unpaired) electrons. The van der Waals surface area contributed by atoms with Crippen LogP contribution in [0.5, 0.6) is 5.75 Å². The maximum Gasteiger partial charge on any atom is 0.224 e. The number of benzene rings is 1. The summed E-state index contributed by atoms with van der Waals surface area (Å²) in [6.45, 7) is 0. The molecule has 3 aromatic rings. The first-order valence-corrected chi connectivity index (χ1v) is 8.10. The van der Waals surface area contributed by atoms with E-state index in [4.69, 9.17) is 10.5 Å². The van der Waals surface area contributed by atoms with Crippen LogP contribution < -0.4 is 15.8 Å². The molecular formula is C17H20N6O. The Morgan fingerprint density at radius 3 is 2.75 bits per heavy atom. The largest absolute Gasteiger partial charge is 0.497 e. The molecule has 24 heavy (non-hydrogen) atoms. The Morgan fingerprint density at radius 1 is 1.21 bits per heavy atom. The fourth-order valence-corrected chi connectivity index (χ4v) is 3.13. The van der Waals surface area contributed by atoms with Gasteiger partial charge in [-0.05, 0) is 43.5 Å². The number of anilines is 1. The van der Waals surface area contributed by atoms with Gasteiger partial charge in [0.05, 0.1) is 24.4 Å². The lowest BCUT2D eigenvalue weighted by molar-refractivity contribution is 0.414. The zero-order valence-electron chi connectivity index (χ0n) is 13.5. The minimum atomic E-state index is 0.274. The van der Waals surface area contributed by atoms with E-state index < -0.39 is 0 Å². The fourth-order valence-electron chi connectivity index (χ4n) is 3.13. The van der Waals surface area contributed by atoms with E-state index in [9.17, 15) is 0 Å². The number of aromatic nitrogens is 4. The van der Waals surface area contributed by atoms with Gasteiger partial charge in [-0.1, -0.05) is 0 Å². The maximum atomic E-state index is 5.97. The molecule has 7 heteroatoms. The summed E-state index contributed by atoms with van der Waals surface area (Å²) in [6, 6.07) is 8.34. The zero-order valence-corrected chi connectivity index (χ0v) is 13.5. The van der Waals surface area contributed by atoms with Gasteiger partial charge in [0, 0.05) is 18.3 Å². The highest BCUT2D eigenvalue weighted by Gasteiger charge is 2.22. The Labute approximate surface area is 139 Å². The number of nitrogens with one attached hydrogen (secondary N) is 1. The van der Waals surface area contributed by atoms with E-state index in [0.717, 1.165) is 41.7 Å². The van der Waals surface area contributed by atoms with Gasteiger partial charge < -0.3 is 15.8 Å². The predicted octanol–water partition coefficient (Wildman–Crippen LogP) is 2.12. The maximum absolute atomic E-state index is 5.97. The van der Waals surface area contributed by atoms with Gasteiger partial charge >= 0.3 is 0 Å². The molecule has 1 aromatic carbocycles. The van der Waals surface area contributed by atoms with Crippen molar-refractivity contribution in [2.45, 2.75) is 31.3 Å². The van der Waals surface area contributed by atoms with Gasteiger partial charge in [0.15, 0.2) is 5.65 Å². The molecule has 1 saturated carbocycles. The fraction of sp³-hybridized carbons (Fsp3) is 0.353. The Hall–Kier alpha value is -2.67. The summed E-state index contributed by atoms with van der Waals surface area (Å²) in [7, 11) is 1.65. The van der Waals surface area contributed by atoms with Crippen molar-refractivity contribution < 1.29 is 4.74 Å². The van der Waals surface area contributed by atoms with Crippen LogP contribution in [0.25, 0.3) is 16.7 Å². The highest BCUT2D eigenvalue weighted by Crippen LogP contribution is 2.22. The number of hydrogen-bond acceptors (Lipinski definition) is 6. The molecule has 4 rings (SSSR count). The number of hydrogen-bond donors (Lipinski definition) is 2. The molecule has 0 saturated heterocycles. The van der Waals surface area contributed by atoms with Crippen molar-refractivity contribution in [2.75, 3.05) is 12.4 Å². The molecule has 0 unspecified atom stereocenters. The van der Waals surface area contributed by atoms with Crippen molar-refractivity contribution in [1.82, 2.24) is 19.7 Å². The van der Waals surface area contributed by atoms with E-state index >= 15 is 0 Å². The van der Waals surface area contributed by atoms with Crippen molar-refractivity contribution in [3.63, 3.8) is 0 Å². The second kappa shape index (κ2) is 6.09. The normalized spacial score (nSPS) is 20.4. The lowest BCUT2D eigenvalue weighted by atomic mass is 10.2. The number of methoxy groups -OCH3 is 1. The van der Waals surface area contributed by atoms with Crippen molar-refractivity contribution in [3.05, 3.63) is 36.7 Å². The lowest BCUT2D eigenvalue weighted by Gasteiger charge is -2.12. The SMILES string of the molecule is COc1ccc(-n2ncc3cnc(N[C@H]4CC[C@@H](N)C4)nc32)cc1. The highest BCUT2D eigenvalue weighted by molar-refractivity contribution is 5.76. The van der Waals surface area contributed by atoms with Crippen LogP contribution in [-0.2, 0) is 0 Å². The van der Waals surface area contributed by atoms with E-state index in [1.807, 2.05) is 28.9 Å². The third kappa shape index (κ3) is 2.78. The van der Waals surface area contributed by atoms with Crippen LogP contribution in [-0.4, -0.2) is 38.9 Å². The molecule has 2 aromatic heterocycles. The lowest BCUT2D eigenvalue weighted by Crippen LogP contribution is -2.21. The van der Waals surface area contributed by atoms with Gasteiger partial charge in [-0.2, -0.15) is 10.1 Å².